The van der Waals surface area contributed by atoms with Gasteiger partial charge in [-0.1, -0.05) is 13.0 Å². The summed E-state index contributed by atoms with van der Waals surface area (Å²) in [4.78, 5) is 2.31. The van der Waals surface area contributed by atoms with Gasteiger partial charge in [-0.25, -0.2) is 8.42 Å². The molecular weight excluding hydrogens is 262 g/mol. The van der Waals surface area contributed by atoms with Crippen LogP contribution in [0.3, 0.4) is 0 Å². The lowest BCUT2D eigenvalue weighted by Gasteiger charge is -2.21. The van der Waals surface area contributed by atoms with Crippen molar-refractivity contribution in [2.75, 3.05) is 39.5 Å². The number of hydrogen-bond acceptors (Lipinski definition) is 4. The summed E-state index contributed by atoms with van der Waals surface area (Å²) in [6, 6.07) is 6.43. The Morgan fingerprint density at radius 1 is 1.21 bits per heavy atom. The Bertz CT molecular complexity index is 500. The van der Waals surface area contributed by atoms with Crippen LogP contribution in [-0.2, 0) is 10.0 Å². The minimum absolute atomic E-state index is 0.263. The first-order valence-electron chi connectivity index (χ1n) is 6.38. The molecule has 2 N–H and O–H groups in total. The third kappa shape index (κ3) is 4.49. The van der Waals surface area contributed by atoms with Crippen LogP contribution in [-0.4, -0.2) is 51.4 Å². The molecule has 0 aliphatic rings. The fraction of sp³-hybridized carbons (Fsp3) is 0.538. The molecule has 0 saturated carbocycles. The molecule has 6 heteroatoms. The van der Waals surface area contributed by atoms with E-state index in [-0.39, 0.29) is 4.90 Å². The average Bonchev–Trinajstić information content (AvgIpc) is 2.34. The molecule has 0 saturated heterocycles. The summed E-state index contributed by atoms with van der Waals surface area (Å²) in [6.45, 7) is 3.69. The highest BCUT2D eigenvalue weighted by Crippen LogP contribution is 2.18. The maximum absolute atomic E-state index is 12.4. The topological polar surface area (TPSA) is 66.6 Å². The summed E-state index contributed by atoms with van der Waals surface area (Å²) >= 11 is 0. The number of nitrogen functional groups attached to an aromatic ring is 1. The number of sulfonamides is 1. The van der Waals surface area contributed by atoms with Crippen LogP contribution < -0.4 is 5.73 Å². The van der Waals surface area contributed by atoms with Crippen molar-refractivity contribution < 1.29 is 8.42 Å². The van der Waals surface area contributed by atoms with Crippen LogP contribution in [0.15, 0.2) is 29.2 Å². The van der Waals surface area contributed by atoms with Gasteiger partial charge in [0.1, 0.15) is 0 Å². The van der Waals surface area contributed by atoms with Crippen molar-refractivity contribution >= 4 is 15.7 Å². The lowest BCUT2D eigenvalue weighted by atomic mass is 10.3. The Kier molecular flexibility index (Phi) is 5.78. The monoisotopic (exact) mass is 285 g/mol. The quantitative estimate of drug-likeness (QED) is 0.765. The van der Waals surface area contributed by atoms with Crippen molar-refractivity contribution in [3.8, 4) is 0 Å². The van der Waals surface area contributed by atoms with Gasteiger partial charge in [-0.05, 0) is 45.3 Å². The van der Waals surface area contributed by atoms with E-state index in [1.54, 1.807) is 18.2 Å². The SMILES string of the molecule is CCN(CCCN(C)C)S(=O)(=O)c1cccc(N)c1. The first-order valence-corrected chi connectivity index (χ1v) is 7.82. The van der Waals surface area contributed by atoms with Crippen molar-refractivity contribution in [1.82, 2.24) is 9.21 Å². The van der Waals surface area contributed by atoms with Crippen molar-refractivity contribution in [1.29, 1.82) is 0 Å². The molecule has 0 unspecified atom stereocenters. The van der Waals surface area contributed by atoms with Crippen LogP contribution in [0.2, 0.25) is 0 Å². The molecular formula is C13H23N3O2S. The molecule has 1 aromatic rings. The Balaban J connectivity index is 2.84. The van der Waals surface area contributed by atoms with Gasteiger partial charge in [0.15, 0.2) is 0 Å². The van der Waals surface area contributed by atoms with Gasteiger partial charge in [0.05, 0.1) is 4.90 Å². The molecule has 0 radical (unpaired) electrons. The fourth-order valence-electron chi connectivity index (χ4n) is 1.84. The molecule has 0 fully saturated rings. The number of nitrogens with zero attached hydrogens (tertiary/aromatic N) is 2. The summed E-state index contributed by atoms with van der Waals surface area (Å²) in [5.41, 5.74) is 6.11. The van der Waals surface area contributed by atoms with E-state index in [4.69, 9.17) is 5.73 Å². The van der Waals surface area contributed by atoms with Crippen LogP contribution in [0, 0.1) is 0 Å². The molecule has 0 spiro atoms. The molecule has 0 heterocycles. The molecule has 1 rings (SSSR count). The number of hydrogen-bond donors (Lipinski definition) is 1. The summed E-state index contributed by atoms with van der Waals surface area (Å²) < 4.78 is 26.4. The van der Waals surface area contributed by atoms with Crippen molar-refractivity contribution in [2.24, 2.45) is 0 Å². The zero-order valence-electron chi connectivity index (χ0n) is 11.8. The molecule has 0 atom stereocenters. The largest absolute Gasteiger partial charge is 0.399 e. The molecule has 0 amide bonds. The van der Waals surface area contributed by atoms with Gasteiger partial charge in [0.2, 0.25) is 10.0 Å². The highest BCUT2D eigenvalue weighted by atomic mass is 32.2. The molecule has 0 aromatic heterocycles. The predicted octanol–water partition coefficient (Wildman–Crippen LogP) is 1.23. The summed E-state index contributed by atoms with van der Waals surface area (Å²) in [6.07, 6.45) is 0.808. The van der Waals surface area contributed by atoms with Crippen LogP contribution in [0.25, 0.3) is 0 Å². The van der Waals surface area contributed by atoms with Crippen molar-refractivity contribution in [3.05, 3.63) is 24.3 Å². The molecule has 108 valence electrons. The second kappa shape index (κ2) is 6.88. The minimum atomic E-state index is -3.44. The summed E-state index contributed by atoms with van der Waals surface area (Å²) in [5.74, 6) is 0. The van der Waals surface area contributed by atoms with E-state index in [1.807, 2.05) is 25.9 Å². The van der Waals surface area contributed by atoms with E-state index in [0.717, 1.165) is 13.0 Å². The Morgan fingerprint density at radius 2 is 1.89 bits per heavy atom. The average molecular weight is 285 g/mol. The third-order valence-electron chi connectivity index (χ3n) is 2.86. The van der Waals surface area contributed by atoms with Gasteiger partial charge in [-0.2, -0.15) is 4.31 Å². The van der Waals surface area contributed by atoms with Gasteiger partial charge >= 0.3 is 0 Å². The normalized spacial score (nSPS) is 12.3. The molecule has 0 aliphatic carbocycles. The van der Waals surface area contributed by atoms with E-state index in [1.165, 1.54) is 10.4 Å². The van der Waals surface area contributed by atoms with E-state index in [0.29, 0.717) is 18.8 Å². The van der Waals surface area contributed by atoms with E-state index >= 15 is 0 Å². The summed E-state index contributed by atoms with van der Waals surface area (Å²) in [7, 11) is 0.513. The first kappa shape index (κ1) is 15.9. The fourth-order valence-corrected chi connectivity index (χ4v) is 3.38. The highest BCUT2D eigenvalue weighted by Gasteiger charge is 2.22. The molecule has 5 nitrogen and oxygen atoms in total. The Hall–Kier alpha value is -1.11. The third-order valence-corrected chi connectivity index (χ3v) is 4.83. The minimum Gasteiger partial charge on any atom is -0.399 e. The number of nitrogens with two attached hydrogens (primary N) is 1. The van der Waals surface area contributed by atoms with Gasteiger partial charge in [-0.15, -0.1) is 0 Å². The number of rotatable bonds is 7. The Labute approximate surface area is 116 Å². The van der Waals surface area contributed by atoms with Gasteiger partial charge in [0.25, 0.3) is 0 Å². The van der Waals surface area contributed by atoms with E-state index < -0.39 is 10.0 Å². The zero-order chi connectivity index (χ0) is 14.5. The maximum Gasteiger partial charge on any atom is 0.243 e. The van der Waals surface area contributed by atoms with E-state index in [2.05, 4.69) is 0 Å². The smallest absolute Gasteiger partial charge is 0.243 e. The lowest BCUT2D eigenvalue weighted by molar-refractivity contribution is 0.356. The molecule has 0 bridgehead atoms. The number of anilines is 1. The summed E-state index contributed by atoms with van der Waals surface area (Å²) in [5, 5.41) is 0. The second-order valence-electron chi connectivity index (χ2n) is 4.73. The van der Waals surface area contributed by atoms with Gasteiger partial charge in [-0.3, -0.25) is 0 Å². The predicted molar refractivity (Wildman–Crippen MR) is 78.5 cm³/mol. The Morgan fingerprint density at radius 3 is 2.42 bits per heavy atom. The number of benzene rings is 1. The van der Waals surface area contributed by atoms with Crippen molar-refractivity contribution in [2.45, 2.75) is 18.2 Å². The van der Waals surface area contributed by atoms with E-state index in [9.17, 15) is 8.42 Å². The zero-order valence-corrected chi connectivity index (χ0v) is 12.7. The van der Waals surface area contributed by atoms with Crippen LogP contribution >= 0.6 is 0 Å². The second-order valence-corrected chi connectivity index (χ2v) is 6.66. The van der Waals surface area contributed by atoms with Crippen LogP contribution in [0.4, 0.5) is 5.69 Å². The molecule has 1 aromatic carbocycles. The molecule has 0 aliphatic heterocycles. The van der Waals surface area contributed by atoms with Gasteiger partial charge < -0.3 is 10.6 Å². The van der Waals surface area contributed by atoms with Crippen LogP contribution in [0.1, 0.15) is 13.3 Å². The van der Waals surface area contributed by atoms with Gasteiger partial charge in [0, 0.05) is 18.8 Å². The standard InChI is InChI=1S/C13H23N3O2S/c1-4-16(10-6-9-15(2)3)19(17,18)13-8-5-7-12(14)11-13/h5,7-8,11H,4,6,9-10,14H2,1-3H3. The van der Waals surface area contributed by atoms with Crippen LogP contribution in [0.5, 0.6) is 0 Å². The molecule has 19 heavy (non-hydrogen) atoms. The van der Waals surface area contributed by atoms with Crippen molar-refractivity contribution in [3.63, 3.8) is 0 Å². The lowest BCUT2D eigenvalue weighted by Crippen LogP contribution is -2.33. The first-order chi connectivity index (χ1) is 8.87. The highest BCUT2D eigenvalue weighted by molar-refractivity contribution is 7.89. The maximum atomic E-state index is 12.4.